The number of benzene rings is 1. The standard InChI is InChI=1S/C40H61N7O6S/c1-9-21-53-24-47(40(52)36(26(5)10-2)44-39(51)34-13-11-12-20-46(34)8)33(25(3)4)18-19-35-42-32(23-54-35)38(50)43-31(27(6)28(7)37(49)45-41)22-29-14-16-30(48)17-15-29/h9,14-17,23,25-28,31,33-34,36,41,48H,1,10-13,18-22,24H2,2-8H3,(H,43,50)(H,44,51). The van der Waals surface area contributed by atoms with Crippen molar-refractivity contribution < 1.29 is 29.0 Å². The van der Waals surface area contributed by atoms with Crippen LogP contribution >= 0.6 is 11.3 Å². The first kappa shape index (κ1) is 44.4. The van der Waals surface area contributed by atoms with Gasteiger partial charge >= 0.3 is 0 Å². The quantitative estimate of drug-likeness (QED) is 0.0519. The first-order valence-electron chi connectivity index (χ1n) is 19.2. The zero-order valence-corrected chi connectivity index (χ0v) is 33.9. The fourth-order valence-electron chi connectivity index (χ4n) is 6.90. The first-order chi connectivity index (χ1) is 25.7. The number of likely N-dealkylation sites (tertiary alicyclic amines) is 1. The molecule has 4 N–H and O–H groups in total. The second-order valence-electron chi connectivity index (χ2n) is 15.0. The Morgan fingerprint density at radius 1 is 1.15 bits per heavy atom. The summed E-state index contributed by atoms with van der Waals surface area (Å²) in [6, 6.07) is 4.95. The number of rotatable bonds is 21. The molecule has 0 spiro atoms. The van der Waals surface area contributed by atoms with E-state index in [2.05, 4.69) is 46.1 Å². The lowest BCUT2D eigenvalue weighted by molar-refractivity contribution is -0.148. The Morgan fingerprint density at radius 2 is 1.85 bits per heavy atom. The minimum absolute atomic E-state index is 0.0421. The molecular formula is C40H61N7O6S. The number of nitrogens with zero attached hydrogens (tertiary/aromatic N) is 4. The van der Waals surface area contributed by atoms with E-state index in [0.29, 0.717) is 25.7 Å². The highest BCUT2D eigenvalue weighted by atomic mass is 32.1. The minimum atomic E-state index is -0.716. The van der Waals surface area contributed by atoms with Gasteiger partial charge in [-0.1, -0.05) is 72.6 Å². The molecule has 0 radical (unpaired) electrons. The lowest BCUT2D eigenvalue weighted by Gasteiger charge is -2.39. The summed E-state index contributed by atoms with van der Waals surface area (Å²) >= 11 is 1.37. The highest BCUT2D eigenvalue weighted by Gasteiger charge is 2.37. The van der Waals surface area contributed by atoms with E-state index in [1.54, 1.807) is 47.5 Å². The zero-order chi connectivity index (χ0) is 39.9. The van der Waals surface area contributed by atoms with Crippen LogP contribution in [0.2, 0.25) is 0 Å². The van der Waals surface area contributed by atoms with E-state index in [-0.39, 0.29) is 72.3 Å². The normalized spacial score (nSPS) is 18.1. The average Bonchev–Trinajstić information content (AvgIpc) is 3.64. The zero-order valence-electron chi connectivity index (χ0n) is 33.0. The Bertz CT molecular complexity index is 1550. The third-order valence-corrected chi connectivity index (χ3v) is 11.7. The number of phenols is 1. The van der Waals surface area contributed by atoms with Crippen LogP contribution in [0.4, 0.5) is 0 Å². The van der Waals surface area contributed by atoms with Gasteiger partial charge in [0.15, 0.2) is 0 Å². The number of aryl methyl sites for hydroxylation is 1. The van der Waals surface area contributed by atoms with Crippen molar-refractivity contribution in [2.75, 3.05) is 26.9 Å². The molecule has 1 aliphatic rings. The summed E-state index contributed by atoms with van der Waals surface area (Å²) in [5.41, 5.74) is 8.31. The van der Waals surface area contributed by atoms with Gasteiger partial charge in [0.25, 0.3) is 11.8 Å². The largest absolute Gasteiger partial charge is 0.508 e. The van der Waals surface area contributed by atoms with Crippen molar-refractivity contribution in [3.05, 3.63) is 58.6 Å². The number of aromatic hydroxyl groups is 1. The van der Waals surface area contributed by atoms with Crippen molar-refractivity contribution in [1.29, 1.82) is 5.53 Å². The Labute approximate surface area is 324 Å². The molecule has 0 saturated carbocycles. The molecule has 13 nitrogen and oxygen atoms in total. The van der Waals surface area contributed by atoms with Crippen molar-refractivity contribution in [3.8, 4) is 5.75 Å². The van der Waals surface area contributed by atoms with Gasteiger partial charge in [0.1, 0.15) is 24.2 Å². The molecule has 1 aromatic heterocycles. The molecule has 2 heterocycles. The molecular weight excluding hydrogens is 707 g/mol. The van der Waals surface area contributed by atoms with E-state index >= 15 is 0 Å². The topological polar surface area (TPSA) is 177 Å². The number of aromatic nitrogens is 1. The molecule has 7 atom stereocenters. The van der Waals surface area contributed by atoms with E-state index in [1.165, 1.54) is 11.3 Å². The highest BCUT2D eigenvalue weighted by Crippen LogP contribution is 2.25. The van der Waals surface area contributed by atoms with Crippen molar-refractivity contribution in [2.45, 2.75) is 111 Å². The number of piperidine rings is 1. The molecule has 1 fully saturated rings. The van der Waals surface area contributed by atoms with Crippen LogP contribution in [0.1, 0.15) is 94.7 Å². The molecule has 3 rings (SSSR count). The van der Waals surface area contributed by atoms with E-state index in [1.807, 2.05) is 27.8 Å². The van der Waals surface area contributed by atoms with Crippen LogP contribution < -0.4 is 10.6 Å². The number of amides is 4. The molecule has 0 aliphatic carbocycles. The summed E-state index contributed by atoms with van der Waals surface area (Å²) in [5.74, 6) is -2.15. The fraction of sp³-hybridized carbons (Fsp3) is 0.625. The number of carbonyl (C=O) groups excluding carboxylic acids is 4. The number of phenolic OH excluding ortho intramolecular Hbond substituents is 1. The predicted octanol–water partition coefficient (Wildman–Crippen LogP) is 5.98. The molecule has 1 aromatic carbocycles. The fourth-order valence-corrected chi connectivity index (χ4v) is 7.69. The van der Waals surface area contributed by atoms with E-state index < -0.39 is 23.9 Å². The SMILES string of the molecule is C=CCOCN(C(=O)C(NC(=O)C1CCCCN1C)C(C)CC)C(CCc1nc(C(=O)NC(Cc2ccc(O)cc2)C(C)C(C)C(=O)N=N)cs1)C(C)C. The van der Waals surface area contributed by atoms with Crippen molar-refractivity contribution in [2.24, 2.45) is 28.8 Å². The number of thiazole rings is 1. The van der Waals surface area contributed by atoms with Gasteiger partial charge in [0.05, 0.1) is 17.7 Å². The second-order valence-corrected chi connectivity index (χ2v) is 15.9. The third kappa shape index (κ3) is 12.5. The average molecular weight is 768 g/mol. The van der Waals surface area contributed by atoms with Crippen molar-refractivity contribution in [1.82, 2.24) is 25.4 Å². The summed E-state index contributed by atoms with van der Waals surface area (Å²) in [5, 5.41) is 21.5. The molecule has 7 unspecified atom stereocenters. The van der Waals surface area contributed by atoms with Crippen LogP contribution in [-0.4, -0.2) is 94.6 Å². The van der Waals surface area contributed by atoms with Gasteiger partial charge in [-0.25, -0.2) is 10.5 Å². The highest BCUT2D eigenvalue weighted by molar-refractivity contribution is 7.09. The number of nitrogens with one attached hydrogen (secondary N) is 3. The van der Waals surface area contributed by atoms with Gasteiger partial charge in [0.2, 0.25) is 11.8 Å². The molecule has 0 bridgehead atoms. The Kier molecular flexibility index (Phi) is 17.9. The number of likely N-dealkylation sites (N-methyl/N-ethyl adjacent to an activating group) is 1. The summed E-state index contributed by atoms with van der Waals surface area (Å²) in [6.07, 6.45) is 6.59. The molecule has 54 heavy (non-hydrogen) atoms. The monoisotopic (exact) mass is 767 g/mol. The van der Waals surface area contributed by atoms with Crippen molar-refractivity contribution in [3.63, 3.8) is 0 Å². The number of ether oxygens (including phenoxy) is 1. The summed E-state index contributed by atoms with van der Waals surface area (Å²) in [4.78, 5) is 62.4. The van der Waals surface area contributed by atoms with Crippen molar-refractivity contribution >= 4 is 35.0 Å². The molecule has 298 valence electrons. The minimum Gasteiger partial charge on any atom is -0.508 e. The van der Waals surface area contributed by atoms with Gasteiger partial charge in [-0.15, -0.1) is 23.0 Å². The molecule has 2 aromatic rings. The van der Waals surface area contributed by atoms with Crippen LogP contribution in [-0.2, 0) is 32.0 Å². The molecule has 1 saturated heterocycles. The maximum Gasteiger partial charge on any atom is 0.270 e. The Morgan fingerprint density at radius 3 is 2.46 bits per heavy atom. The molecule has 4 amide bonds. The van der Waals surface area contributed by atoms with Crippen LogP contribution in [0, 0.1) is 29.2 Å². The van der Waals surface area contributed by atoms with E-state index in [4.69, 9.17) is 10.3 Å². The van der Waals surface area contributed by atoms with Gasteiger partial charge < -0.3 is 25.4 Å². The van der Waals surface area contributed by atoms with Gasteiger partial charge in [0, 0.05) is 29.8 Å². The maximum absolute atomic E-state index is 14.5. The van der Waals surface area contributed by atoms with E-state index in [0.717, 1.165) is 36.4 Å². The smallest absolute Gasteiger partial charge is 0.270 e. The van der Waals surface area contributed by atoms with Gasteiger partial charge in [-0.2, -0.15) is 0 Å². The Balaban J connectivity index is 1.80. The first-order valence-corrected chi connectivity index (χ1v) is 20.0. The summed E-state index contributed by atoms with van der Waals surface area (Å²) < 4.78 is 5.88. The van der Waals surface area contributed by atoms with Crippen LogP contribution in [0.15, 0.2) is 47.4 Å². The summed E-state index contributed by atoms with van der Waals surface area (Å²) in [7, 11) is 1.96. The van der Waals surface area contributed by atoms with Crippen LogP contribution in [0.25, 0.3) is 0 Å². The maximum atomic E-state index is 14.5. The van der Waals surface area contributed by atoms with Crippen LogP contribution in [0.3, 0.4) is 0 Å². The molecule has 14 heteroatoms. The predicted molar refractivity (Wildman–Crippen MR) is 210 cm³/mol. The van der Waals surface area contributed by atoms with Gasteiger partial charge in [-0.3, -0.25) is 24.1 Å². The summed E-state index contributed by atoms with van der Waals surface area (Å²) in [6.45, 7) is 16.6. The van der Waals surface area contributed by atoms with E-state index in [9.17, 15) is 24.3 Å². The number of hydrogen-bond donors (Lipinski definition) is 4. The lowest BCUT2D eigenvalue weighted by atomic mass is 9.85. The number of carbonyl (C=O) groups is 4. The lowest BCUT2D eigenvalue weighted by Crippen LogP contribution is -2.59. The van der Waals surface area contributed by atoms with Crippen LogP contribution in [0.5, 0.6) is 5.75 Å². The number of hydrogen-bond acceptors (Lipinski definition) is 10. The molecule has 1 aliphatic heterocycles. The second kappa shape index (κ2) is 21.8. The third-order valence-electron chi connectivity index (χ3n) is 10.8. The Hall–Kier alpha value is -4.01. The van der Waals surface area contributed by atoms with Gasteiger partial charge in [-0.05, 0) is 74.7 Å².